The number of methoxy groups -OCH3 is 3. The van der Waals surface area contributed by atoms with Crippen molar-refractivity contribution >= 4 is 0 Å². The first-order chi connectivity index (χ1) is 13.9. The van der Waals surface area contributed by atoms with Gasteiger partial charge in [0, 0.05) is 5.56 Å². The summed E-state index contributed by atoms with van der Waals surface area (Å²) in [5, 5.41) is 7.72. The van der Waals surface area contributed by atoms with Gasteiger partial charge >= 0.3 is 6.18 Å². The molecule has 1 aromatic heterocycles. The summed E-state index contributed by atoms with van der Waals surface area (Å²) in [6, 6.07) is 8.10. The molecule has 0 amide bonds. The summed E-state index contributed by atoms with van der Waals surface area (Å²) in [6.45, 7) is -0.329. The molecule has 0 N–H and O–H groups in total. The molecule has 29 heavy (non-hydrogen) atoms. The number of nitrogens with zero attached hydrogens (tertiary/aromatic N) is 2. The van der Waals surface area contributed by atoms with Crippen LogP contribution in [0, 0.1) is 0 Å². The van der Waals surface area contributed by atoms with Gasteiger partial charge in [-0.3, -0.25) is 0 Å². The van der Waals surface area contributed by atoms with Gasteiger partial charge < -0.3 is 23.4 Å². The highest BCUT2D eigenvalue weighted by atomic mass is 19.4. The third-order valence-electron chi connectivity index (χ3n) is 3.92. The summed E-state index contributed by atoms with van der Waals surface area (Å²) >= 11 is 0. The van der Waals surface area contributed by atoms with Crippen LogP contribution in [-0.2, 0) is 12.8 Å². The van der Waals surface area contributed by atoms with Crippen LogP contribution in [0.2, 0.25) is 0 Å². The quantitative estimate of drug-likeness (QED) is 0.573. The predicted molar refractivity (Wildman–Crippen MR) is 95.2 cm³/mol. The smallest absolute Gasteiger partial charge is 0.419 e. The topological polar surface area (TPSA) is 75.8 Å². The molecule has 0 unspecified atom stereocenters. The second kappa shape index (κ2) is 8.29. The number of para-hydroxylation sites is 1. The largest absolute Gasteiger partial charge is 0.493 e. The van der Waals surface area contributed by atoms with Gasteiger partial charge in [0.15, 0.2) is 18.1 Å². The van der Waals surface area contributed by atoms with E-state index in [4.69, 9.17) is 23.4 Å². The number of ether oxygens (including phenoxy) is 4. The van der Waals surface area contributed by atoms with Crippen LogP contribution in [0.5, 0.6) is 23.0 Å². The standard InChI is InChI=1S/C19H17F3N2O5/c1-25-14-8-11(9-15(26-2)17(14)27-3)18-24-23-16(29-18)10-28-13-7-5-4-6-12(13)19(20,21)22/h4-9H,10H2,1-3H3. The minimum absolute atomic E-state index is 0.00530. The molecule has 3 rings (SSSR count). The van der Waals surface area contributed by atoms with Gasteiger partial charge in [0.25, 0.3) is 5.89 Å². The molecule has 0 radical (unpaired) electrons. The maximum Gasteiger partial charge on any atom is 0.419 e. The summed E-state index contributed by atoms with van der Waals surface area (Å²) in [5.74, 6) is 0.963. The third kappa shape index (κ3) is 4.36. The van der Waals surface area contributed by atoms with Crippen molar-refractivity contribution in [3.8, 4) is 34.5 Å². The average molecular weight is 410 g/mol. The van der Waals surface area contributed by atoms with Crippen molar-refractivity contribution in [2.45, 2.75) is 12.8 Å². The Morgan fingerprint density at radius 1 is 0.897 bits per heavy atom. The van der Waals surface area contributed by atoms with Crippen LogP contribution in [-0.4, -0.2) is 31.5 Å². The Morgan fingerprint density at radius 3 is 2.14 bits per heavy atom. The molecule has 154 valence electrons. The number of hydrogen-bond acceptors (Lipinski definition) is 7. The average Bonchev–Trinajstić information content (AvgIpc) is 3.19. The maximum absolute atomic E-state index is 13.0. The molecule has 2 aromatic carbocycles. The molecular formula is C19H17F3N2O5. The molecule has 7 nitrogen and oxygen atoms in total. The fourth-order valence-corrected chi connectivity index (χ4v) is 2.60. The molecule has 1 heterocycles. The summed E-state index contributed by atoms with van der Waals surface area (Å²) in [7, 11) is 4.40. The van der Waals surface area contributed by atoms with E-state index in [1.165, 1.54) is 39.5 Å². The van der Waals surface area contributed by atoms with Crippen molar-refractivity contribution in [1.29, 1.82) is 0 Å². The number of alkyl halides is 3. The number of hydrogen-bond donors (Lipinski definition) is 0. The van der Waals surface area contributed by atoms with Gasteiger partial charge in [0.1, 0.15) is 5.75 Å². The molecular weight excluding hydrogens is 393 g/mol. The van der Waals surface area contributed by atoms with Crippen molar-refractivity contribution in [2.24, 2.45) is 0 Å². The van der Waals surface area contributed by atoms with Crippen molar-refractivity contribution in [3.05, 3.63) is 47.9 Å². The summed E-state index contributed by atoms with van der Waals surface area (Å²) in [5.41, 5.74) is -0.404. The van der Waals surface area contributed by atoms with E-state index in [1.807, 2.05) is 0 Å². The number of halogens is 3. The SMILES string of the molecule is COc1cc(-c2nnc(COc3ccccc3C(F)(F)F)o2)cc(OC)c1OC. The van der Waals surface area contributed by atoms with Crippen LogP contribution in [0.15, 0.2) is 40.8 Å². The van der Waals surface area contributed by atoms with E-state index in [0.717, 1.165) is 6.07 Å². The van der Waals surface area contributed by atoms with Crippen LogP contribution in [0.1, 0.15) is 11.5 Å². The van der Waals surface area contributed by atoms with Gasteiger partial charge in [-0.15, -0.1) is 10.2 Å². The Hall–Kier alpha value is -3.43. The Morgan fingerprint density at radius 2 is 1.55 bits per heavy atom. The molecule has 0 spiro atoms. The van der Waals surface area contributed by atoms with E-state index in [1.54, 1.807) is 12.1 Å². The minimum atomic E-state index is -4.53. The van der Waals surface area contributed by atoms with Gasteiger partial charge in [0.05, 0.1) is 26.9 Å². The van der Waals surface area contributed by atoms with Crippen LogP contribution in [0.4, 0.5) is 13.2 Å². The molecule has 0 saturated heterocycles. The number of benzene rings is 2. The molecule has 3 aromatic rings. The van der Waals surface area contributed by atoms with Crippen LogP contribution in [0.3, 0.4) is 0 Å². The van der Waals surface area contributed by atoms with Crippen molar-refractivity contribution in [2.75, 3.05) is 21.3 Å². The summed E-state index contributed by atoms with van der Waals surface area (Å²) in [6.07, 6.45) is -4.53. The molecule has 0 saturated carbocycles. The normalized spacial score (nSPS) is 11.2. The first-order valence-electron chi connectivity index (χ1n) is 8.29. The van der Waals surface area contributed by atoms with E-state index >= 15 is 0 Å². The maximum atomic E-state index is 13.0. The molecule has 10 heteroatoms. The van der Waals surface area contributed by atoms with Gasteiger partial charge in [-0.1, -0.05) is 12.1 Å². The monoisotopic (exact) mass is 410 g/mol. The molecule has 0 fully saturated rings. The third-order valence-corrected chi connectivity index (χ3v) is 3.92. The first kappa shape index (κ1) is 20.3. The van der Waals surface area contributed by atoms with Crippen LogP contribution in [0.25, 0.3) is 11.5 Å². The number of rotatable bonds is 7. The Kier molecular flexibility index (Phi) is 5.81. The highest BCUT2D eigenvalue weighted by Gasteiger charge is 2.34. The summed E-state index contributed by atoms with van der Waals surface area (Å²) < 4.78 is 65.7. The van der Waals surface area contributed by atoms with Crippen molar-refractivity contribution in [3.63, 3.8) is 0 Å². The van der Waals surface area contributed by atoms with Crippen LogP contribution >= 0.6 is 0 Å². The lowest BCUT2D eigenvalue weighted by atomic mass is 10.2. The lowest BCUT2D eigenvalue weighted by Gasteiger charge is -2.13. The van der Waals surface area contributed by atoms with Gasteiger partial charge in [-0.05, 0) is 24.3 Å². The highest BCUT2D eigenvalue weighted by Crippen LogP contribution is 2.41. The molecule has 0 aliphatic heterocycles. The van der Waals surface area contributed by atoms with E-state index in [0.29, 0.717) is 22.8 Å². The van der Waals surface area contributed by atoms with Gasteiger partial charge in [-0.2, -0.15) is 13.2 Å². The fourth-order valence-electron chi connectivity index (χ4n) is 2.60. The minimum Gasteiger partial charge on any atom is -0.493 e. The lowest BCUT2D eigenvalue weighted by molar-refractivity contribution is -0.139. The Labute approximate surface area is 164 Å². The number of aromatic nitrogens is 2. The van der Waals surface area contributed by atoms with E-state index in [-0.39, 0.29) is 24.1 Å². The molecule has 0 bridgehead atoms. The fraction of sp³-hybridized carbons (Fsp3) is 0.263. The van der Waals surface area contributed by atoms with E-state index < -0.39 is 11.7 Å². The van der Waals surface area contributed by atoms with Crippen LogP contribution < -0.4 is 18.9 Å². The lowest BCUT2D eigenvalue weighted by Crippen LogP contribution is -2.08. The van der Waals surface area contributed by atoms with Gasteiger partial charge in [-0.25, -0.2) is 0 Å². The summed E-state index contributed by atoms with van der Waals surface area (Å²) in [4.78, 5) is 0. The van der Waals surface area contributed by atoms with Crippen molar-refractivity contribution < 1.29 is 36.5 Å². The first-order valence-corrected chi connectivity index (χ1v) is 8.29. The van der Waals surface area contributed by atoms with E-state index in [2.05, 4.69) is 10.2 Å². The Bertz CT molecular complexity index is 963. The van der Waals surface area contributed by atoms with E-state index in [9.17, 15) is 13.2 Å². The van der Waals surface area contributed by atoms with Gasteiger partial charge in [0.2, 0.25) is 11.6 Å². The predicted octanol–water partition coefficient (Wildman–Crippen LogP) is 4.36. The zero-order valence-electron chi connectivity index (χ0n) is 15.7. The molecule has 0 atom stereocenters. The molecule has 0 aliphatic carbocycles. The highest BCUT2D eigenvalue weighted by molar-refractivity contribution is 5.65. The van der Waals surface area contributed by atoms with Crippen molar-refractivity contribution in [1.82, 2.24) is 10.2 Å². The zero-order valence-corrected chi connectivity index (χ0v) is 15.7. The zero-order chi connectivity index (χ0) is 21.0. The second-order valence-electron chi connectivity index (χ2n) is 5.70. The Balaban J connectivity index is 1.82. The second-order valence-corrected chi connectivity index (χ2v) is 5.70. The molecule has 0 aliphatic rings.